The second-order valence-electron chi connectivity index (χ2n) is 3.55. The zero-order valence-electron chi connectivity index (χ0n) is 9.16. The summed E-state index contributed by atoms with van der Waals surface area (Å²) >= 11 is 5.87. The summed E-state index contributed by atoms with van der Waals surface area (Å²) in [6, 6.07) is 7.71. The van der Waals surface area contributed by atoms with Gasteiger partial charge in [-0.25, -0.2) is 8.78 Å². The Morgan fingerprint density at radius 1 is 1.11 bits per heavy atom. The van der Waals surface area contributed by atoms with Gasteiger partial charge < -0.3 is 9.84 Å². The molecule has 0 aliphatic carbocycles. The number of aliphatic hydroxyl groups is 1. The fourth-order valence-electron chi connectivity index (χ4n) is 1.46. The van der Waals surface area contributed by atoms with Crippen LogP contribution in [0.2, 0.25) is 5.02 Å². The van der Waals surface area contributed by atoms with Crippen LogP contribution in [0.1, 0.15) is 5.56 Å². The molecule has 2 aromatic carbocycles. The molecule has 2 nitrogen and oxygen atoms in total. The van der Waals surface area contributed by atoms with Gasteiger partial charge in [-0.3, -0.25) is 0 Å². The highest BCUT2D eigenvalue weighted by Crippen LogP contribution is 2.31. The van der Waals surface area contributed by atoms with E-state index in [1.807, 2.05) is 0 Å². The fourth-order valence-corrected chi connectivity index (χ4v) is 1.69. The van der Waals surface area contributed by atoms with Crippen LogP contribution in [-0.2, 0) is 6.61 Å². The van der Waals surface area contributed by atoms with E-state index in [-0.39, 0.29) is 18.1 Å². The van der Waals surface area contributed by atoms with Crippen LogP contribution < -0.4 is 4.74 Å². The Bertz CT molecular complexity index is 573. The minimum Gasteiger partial charge on any atom is -0.454 e. The molecule has 0 fully saturated rings. The first kappa shape index (κ1) is 12.8. The molecule has 0 aliphatic rings. The van der Waals surface area contributed by atoms with E-state index in [0.29, 0.717) is 10.6 Å². The molecule has 2 aromatic rings. The van der Waals surface area contributed by atoms with Gasteiger partial charge in [0, 0.05) is 16.7 Å². The van der Waals surface area contributed by atoms with Gasteiger partial charge in [-0.15, -0.1) is 0 Å². The molecule has 0 atom stereocenters. The molecular weight excluding hydrogens is 262 g/mol. The highest BCUT2D eigenvalue weighted by atomic mass is 35.5. The lowest BCUT2D eigenvalue weighted by Gasteiger charge is -2.11. The zero-order chi connectivity index (χ0) is 13.1. The first-order chi connectivity index (χ1) is 8.61. The van der Waals surface area contributed by atoms with Crippen molar-refractivity contribution in [1.29, 1.82) is 0 Å². The Balaban J connectivity index is 2.37. The molecule has 0 amide bonds. The van der Waals surface area contributed by atoms with Gasteiger partial charge in [-0.05, 0) is 24.3 Å². The predicted molar refractivity (Wildman–Crippen MR) is 63.8 cm³/mol. The van der Waals surface area contributed by atoms with Crippen molar-refractivity contribution in [2.75, 3.05) is 0 Å². The van der Waals surface area contributed by atoms with Crippen molar-refractivity contribution >= 4 is 11.6 Å². The number of aliphatic hydroxyl groups excluding tert-OH is 1. The number of ether oxygens (including phenoxy) is 1. The molecule has 94 valence electrons. The van der Waals surface area contributed by atoms with Crippen LogP contribution in [0.5, 0.6) is 11.5 Å². The molecule has 0 saturated heterocycles. The largest absolute Gasteiger partial charge is 0.454 e. The van der Waals surface area contributed by atoms with Crippen LogP contribution >= 0.6 is 11.6 Å². The van der Waals surface area contributed by atoms with Gasteiger partial charge in [0.2, 0.25) is 0 Å². The highest BCUT2D eigenvalue weighted by molar-refractivity contribution is 6.31. The SMILES string of the molecule is OCc1c(Cl)cccc1Oc1ccc(F)cc1F. The zero-order valence-corrected chi connectivity index (χ0v) is 9.92. The normalized spacial score (nSPS) is 10.4. The van der Waals surface area contributed by atoms with Crippen LogP contribution in [0.25, 0.3) is 0 Å². The average Bonchev–Trinajstić information content (AvgIpc) is 2.33. The predicted octanol–water partition coefficient (Wildman–Crippen LogP) is 3.90. The number of hydrogen-bond donors (Lipinski definition) is 1. The second-order valence-corrected chi connectivity index (χ2v) is 3.96. The quantitative estimate of drug-likeness (QED) is 0.916. The first-order valence-electron chi connectivity index (χ1n) is 5.13. The van der Waals surface area contributed by atoms with E-state index in [1.54, 1.807) is 18.2 Å². The lowest BCUT2D eigenvalue weighted by molar-refractivity contribution is 0.276. The molecule has 0 aromatic heterocycles. The van der Waals surface area contributed by atoms with Crippen molar-refractivity contribution in [3.05, 3.63) is 58.6 Å². The Labute approximate surface area is 107 Å². The standard InChI is InChI=1S/C13H9ClF2O2/c14-10-2-1-3-12(9(10)7-17)18-13-5-4-8(15)6-11(13)16/h1-6,17H,7H2. The first-order valence-corrected chi connectivity index (χ1v) is 5.50. The summed E-state index contributed by atoms with van der Waals surface area (Å²) < 4.78 is 31.4. The van der Waals surface area contributed by atoms with E-state index in [9.17, 15) is 13.9 Å². The van der Waals surface area contributed by atoms with Crippen molar-refractivity contribution in [3.8, 4) is 11.5 Å². The van der Waals surface area contributed by atoms with E-state index in [4.69, 9.17) is 16.3 Å². The lowest BCUT2D eigenvalue weighted by atomic mass is 10.2. The van der Waals surface area contributed by atoms with Crippen molar-refractivity contribution in [2.24, 2.45) is 0 Å². The molecule has 5 heteroatoms. The number of halogens is 3. The van der Waals surface area contributed by atoms with Crippen molar-refractivity contribution in [1.82, 2.24) is 0 Å². The molecular formula is C13H9ClF2O2. The van der Waals surface area contributed by atoms with E-state index >= 15 is 0 Å². The summed E-state index contributed by atoms with van der Waals surface area (Å²) in [5.74, 6) is -1.41. The molecule has 0 bridgehead atoms. The van der Waals surface area contributed by atoms with E-state index < -0.39 is 11.6 Å². The minimum absolute atomic E-state index is 0.131. The summed E-state index contributed by atoms with van der Waals surface area (Å²) in [6.45, 7) is -0.335. The van der Waals surface area contributed by atoms with Crippen LogP contribution in [0.4, 0.5) is 8.78 Å². The van der Waals surface area contributed by atoms with Crippen molar-refractivity contribution in [3.63, 3.8) is 0 Å². The number of benzene rings is 2. The summed E-state index contributed by atoms with van der Waals surface area (Å²) in [7, 11) is 0. The van der Waals surface area contributed by atoms with Gasteiger partial charge in [-0.1, -0.05) is 17.7 Å². The highest BCUT2D eigenvalue weighted by Gasteiger charge is 2.11. The Morgan fingerprint density at radius 2 is 1.89 bits per heavy atom. The maximum absolute atomic E-state index is 13.4. The van der Waals surface area contributed by atoms with Gasteiger partial charge >= 0.3 is 0 Å². The number of rotatable bonds is 3. The maximum atomic E-state index is 13.4. The van der Waals surface area contributed by atoms with Crippen LogP contribution in [0, 0.1) is 11.6 Å². The third-order valence-electron chi connectivity index (χ3n) is 2.35. The van der Waals surface area contributed by atoms with Gasteiger partial charge in [-0.2, -0.15) is 0 Å². The summed E-state index contributed by atoms with van der Waals surface area (Å²) in [4.78, 5) is 0. The van der Waals surface area contributed by atoms with Gasteiger partial charge in [0.1, 0.15) is 11.6 Å². The average molecular weight is 271 g/mol. The smallest absolute Gasteiger partial charge is 0.168 e. The lowest BCUT2D eigenvalue weighted by Crippen LogP contribution is -1.95. The fraction of sp³-hybridized carbons (Fsp3) is 0.0769. The third-order valence-corrected chi connectivity index (χ3v) is 2.70. The molecule has 0 heterocycles. The van der Waals surface area contributed by atoms with Gasteiger partial charge in [0.15, 0.2) is 11.6 Å². The molecule has 0 unspecified atom stereocenters. The molecule has 1 N–H and O–H groups in total. The molecule has 0 saturated carbocycles. The molecule has 0 radical (unpaired) electrons. The minimum atomic E-state index is -0.820. The van der Waals surface area contributed by atoms with Crippen molar-refractivity contribution in [2.45, 2.75) is 6.61 Å². The topological polar surface area (TPSA) is 29.5 Å². The third kappa shape index (κ3) is 2.60. The Morgan fingerprint density at radius 3 is 2.56 bits per heavy atom. The second kappa shape index (κ2) is 5.33. The molecule has 2 rings (SSSR count). The summed E-state index contributed by atoms with van der Waals surface area (Å²) in [5.41, 5.74) is 0.350. The summed E-state index contributed by atoms with van der Waals surface area (Å²) in [5, 5.41) is 9.49. The van der Waals surface area contributed by atoms with Crippen LogP contribution in [0.15, 0.2) is 36.4 Å². The van der Waals surface area contributed by atoms with Crippen LogP contribution in [0.3, 0.4) is 0 Å². The summed E-state index contributed by atoms with van der Waals surface area (Å²) in [6.07, 6.45) is 0. The molecule has 18 heavy (non-hydrogen) atoms. The van der Waals surface area contributed by atoms with Crippen molar-refractivity contribution < 1.29 is 18.6 Å². The number of hydrogen-bond acceptors (Lipinski definition) is 2. The Hall–Kier alpha value is -1.65. The Kier molecular flexibility index (Phi) is 3.79. The monoisotopic (exact) mass is 270 g/mol. The molecule has 0 spiro atoms. The van der Waals surface area contributed by atoms with E-state index in [1.165, 1.54) is 6.07 Å². The van der Waals surface area contributed by atoms with Gasteiger partial charge in [0.05, 0.1) is 6.61 Å². The van der Waals surface area contributed by atoms with Gasteiger partial charge in [0.25, 0.3) is 0 Å². The van der Waals surface area contributed by atoms with Crippen LogP contribution in [-0.4, -0.2) is 5.11 Å². The van der Waals surface area contributed by atoms with E-state index in [0.717, 1.165) is 12.1 Å². The molecule has 0 aliphatic heterocycles. The van der Waals surface area contributed by atoms with E-state index in [2.05, 4.69) is 0 Å². The maximum Gasteiger partial charge on any atom is 0.168 e.